The lowest BCUT2D eigenvalue weighted by Crippen LogP contribution is -2.13. The van der Waals surface area contributed by atoms with Gasteiger partial charge in [-0.05, 0) is 31.0 Å². The SMILES string of the molecule is CCc1ccnc(NC(=O)c2cc(C)on2)c1. The van der Waals surface area contributed by atoms with Crippen molar-refractivity contribution in [1.29, 1.82) is 0 Å². The van der Waals surface area contributed by atoms with Gasteiger partial charge in [-0.1, -0.05) is 12.1 Å². The summed E-state index contributed by atoms with van der Waals surface area (Å²) >= 11 is 0. The molecule has 1 amide bonds. The molecule has 88 valence electrons. The van der Waals surface area contributed by atoms with Crippen molar-refractivity contribution < 1.29 is 9.32 Å². The van der Waals surface area contributed by atoms with Gasteiger partial charge in [-0.15, -0.1) is 0 Å². The summed E-state index contributed by atoms with van der Waals surface area (Å²) in [7, 11) is 0. The van der Waals surface area contributed by atoms with Crippen LogP contribution >= 0.6 is 0 Å². The highest BCUT2D eigenvalue weighted by Crippen LogP contribution is 2.09. The molecule has 5 nitrogen and oxygen atoms in total. The van der Waals surface area contributed by atoms with Gasteiger partial charge in [0.15, 0.2) is 5.69 Å². The van der Waals surface area contributed by atoms with E-state index in [0.717, 1.165) is 12.0 Å². The van der Waals surface area contributed by atoms with Gasteiger partial charge in [-0.3, -0.25) is 4.79 Å². The fraction of sp³-hybridized carbons (Fsp3) is 0.250. The summed E-state index contributed by atoms with van der Waals surface area (Å²) in [6.45, 7) is 3.78. The van der Waals surface area contributed by atoms with Crippen LogP contribution in [0.5, 0.6) is 0 Å². The van der Waals surface area contributed by atoms with Gasteiger partial charge < -0.3 is 9.84 Å². The molecule has 0 fully saturated rings. The molecule has 0 aromatic carbocycles. The van der Waals surface area contributed by atoms with E-state index in [1.807, 2.05) is 19.1 Å². The standard InChI is InChI=1S/C12H13N3O2/c1-3-9-4-5-13-11(7-9)14-12(16)10-6-8(2)17-15-10/h4-7H,3H2,1-2H3,(H,13,14,16). The molecule has 0 bridgehead atoms. The van der Waals surface area contributed by atoms with E-state index in [9.17, 15) is 4.79 Å². The fourth-order valence-electron chi connectivity index (χ4n) is 1.42. The Morgan fingerprint density at radius 2 is 2.29 bits per heavy atom. The molecule has 2 aromatic rings. The zero-order valence-electron chi connectivity index (χ0n) is 9.73. The number of nitrogens with one attached hydrogen (secondary N) is 1. The van der Waals surface area contributed by atoms with Gasteiger partial charge in [-0.2, -0.15) is 0 Å². The number of anilines is 1. The number of aromatic nitrogens is 2. The Balaban J connectivity index is 2.12. The quantitative estimate of drug-likeness (QED) is 0.879. The monoisotopic (exact) mass is 231 g/mol. The van der Waals surface area contributed by atoms with E-state index in [4.69, 9.17) is 4.52 Å². The van der Waals surface area contributed by atoms with Gasteiger partial charge in [0.05, 0.1) is 0 Å². The highest BCUT2D eigenvalue weighted by molar-refractivity contribution is 6.02. The first-order valence-corrected chi connectivity index (χ1v) is 5.38. The molecule has 0 unspecified atom stereocenters. The maximum atomic E-state index is 11.8. The zero-order valence-corrected chi connectivity index (χ0v) is 9.73. The highest BCUT2D eigenvalue weighted by atomic mass is 16.5. The summed E-state index contributed by atoms with van der Waals surface area (Å²) < 4.78 is 4.84. The van der Waals surface area contributed by atoms with E-state index in [2.05, 4.69) is 15.5 Å². The van der Waals surface area contributed by atoms with Crippen LogP contribution in [0.4, 0.5) is 5.82 Å². The second-order valence-corrected chi connectivity index (χ2v) is 3.68. The lowest BCUT2D eigenvalue weighted by atomic mass is 10.2. The van der Waals surface area contributed by atoms with Crippen LogP contribution in [0.15, 0.2) is 28.9 Å². The topological polar surface area (TPSA) is 68.0 Å². The van der Waals surface area contributed by atoms with Crippen LogP contribution in [0, 0.1) is 6.92 Å². The average Bonchev–Trinajstić information content (AvgIpc) is 2.76. The van der Waals surface area contributed by atoms with Crippen molar-refractivity contribution in [3.8, 4) is 0 Å². The number of carbonyl (C=O) groups is 1. The first-order chi connectivity index (χ1) is 8.19. The Morgan fingerprint density at radius 3 is 2.94 bits per heavy atom. The number of rotatable bonds is 3. The zero-order chi connectivity index (χ0) is 12.3. The van der Waals surface area contributed by atoms with Crippen LogP contribution in [-0.2, 0) is 6.42 Å². The van der Waals surface area contributed by atoms with Crippen molar-refractivity contribution in [1.82, 2.24) is 10.1 Å². The number of carbonyl (C=O) groups excluding carboxylic acids is 1. The van der Waals surface area contributed by atoms with Crippen LogP contribution in [0.25, 0.3) is 0 Å². The molecule has 1 N–H and O–H groups in total. The number of aryl methyl sites for hydroxylation is 2. The second-order valence-electron chi connectivity index (χ2n) is 3.68. The molecule has 17 heavy (non-hydrogen) atoms. The predicted molar refractivity (Wildman–Crippen MR) is 62.8 cm³/mol. The maximum absolute atomic E-state index is 11.8. The van der Waals surface area contributed by atoms with E-state index >= 15 is 0 Å². The van der Waals surface area contributed by atoms with Crippen LogP contribution in [0.2, 0.25) is 0 Å². The Labute approximate surface area is 98.8 Å². The summed E-state index contributed by atoms with van der Waals surface area (Å²) in [4.78, 5) is 15.8. The van der Waals surface area contributed by atoms with E-state index < -0.39 is 0 Å². The molecule has 0 saturated heterocycles. The predicted octanol–water partition coefficient (Wildman–Crippen LogP) is 2.19. The van der Waals surface area contributed by atoms with Crippen LogP contribution < -0.4 is 5.32 Å². The molecule has 0 aliphatic rings. The largest absolute Gasteiger partial charge is 0.361 e. The second kappa shape index (κ2) is 4.78. The van der Waals surface area contributed by atoms with Crippen molar-refractivity contribution in [2.45, 2.75) is 20.3 Å². The first-order valence-electron chi connectivity index (χ1n) is 5.38. The molecule has 2 aromatic heterocycles. The number of amides is 1. The van der Waals surface area contributed by atoms with E-state index in [-0.39, 0.29) is 11.6 Å². The smallest absolute Gasteiger partial charge is 0.279 e. The molecule has 2 heterocycles. The number of hydrogen-bond donors (Lipinski definition) is 1. The summed E-state index contributed by atoms with van der Waals surface area (Å²) in [5, 5.41) is 6.31. The van der Waals surface area contributed by atoms with Crippen molar-refractivity contribution in [2.24, 2.45) is 0 Å². The minimum atomic E-state index is -0.317. The Morgan fingerprint density at radius 1 is 1.47 bits per heavy atom. The molecule has 2 rings (SSSR count). The highest BCUT2D eigenvalue weighted by Gasteiger charge is 2.11. The van der Waals surface area contributed by atoms with Crippen LogP contribution in [0.1, 0.15) is 28.7 Å². The Hall–Kier alpha value is -2.17. The average molecular weight is 231 g/mol. The van der Waals surface area contributed by atoms with Gasteiger partial charge in [0, 0.05) is 12.3 Å². The fourth-order valence-corrected chi connectivity index (χ4v) is 1.42. The first kappa shape index (κ1) is 11.3. The third-order valence-electron chi connectivity index (χ3n) is 2.33. The molecule has 0 spiro atoms. The Bertz CT molecular complexity index is 534. The third-order valence-corrected chi connectivity index (χ3v) is 2.33. The van der Waals surface area contributed by atoms with Crippen molar-refractivity contribution in [3.05, 3.63) is 41.4 Å². The van der Waals surface area contributed by atoms with Crippen LogP contribution in [-0.4, -0.2) is 16.0 Å². The lowest BCUT2D eigenvalue weighted by molar-refractivity contribution is 0.101. The summed E-state index contributed by atoms with van der Waals surface area (Å²) in [5.41, 5.74) is 1.37. The van der Waals surface area contributed by atoms with E-state index in [1.165, 1.54) is 0 Å². The van der Waals surface area contributed by atoms with Crippen molar-refractivity contribution in [2.75, 3.05) is 5.32 Å². The van der Waals surface area contributed by atoms with Gasteiger partial charge in [0.25, 0.3) is 5.91 Å². The molecular formula is C12H13N3O2. The molecule has 5 heteroatoms. The van der Waals surface area contributed by atoms with E-state index in [1.54, 1.807) is 19.2 Å². The molecular weight excluding hydrogens is 218 g/mol. The molecule has 0 radical (unpaired) electrons. The van der Waals surface area contributed by atoms with E-state index in [0.29, 0.717) is 11.6 Å². The van der Waals surface area contributed by atoms with Crippen molar-refractivity contribution in [3.63, 3.8) is 0 Å². The number of nitrogens with zero attached hydrogens (tertiary/aromatic N) is 2. The summed E-state index contributed by atoms with van der Waals surface area (Å²) in [5.74, 6) is 0.808. The van der Waals surface area contributed by atoms with Gasteiger partial charge >= 0.3 is 0 Å². The maximum Gasteiger partial charge on any atom is 0.279 e. The third kappa shape index (κ3) is 2.69. The summed E-state index contributed by atoms with van der Waals surface area (Å²) in [6.07, 6.45) is 2.57. The molecule has 0 atom stereocenters. The van der Waals surface area contributed by atoms with Crippen LogP contribution in [0.3, 0.4) is 0 Å². The van der Waals surface area contributed by atoms with Gasteiger partial charge in [0.2, 0.25) is 0 Å². The van der Waals surface area contributed by atoms with Crippen molar-refractivity contribution >= 4 is 11.7 Å². The number of pyridine rings is 1. The minimum Gasteiger partial charge on any atom is -0.361 e. The normalized spacial score (nSPS) is 10.2. The van der Waals surface area contributed by atoms with Gasteiger partial charge in [-0.25, -0.2) is 4.98 Å². The van der Waals surface area contributed by atoms with Gasteiger partial charge in [0.1, 0.15) is 11.6 Å². The Kier molecular flexibility index (Phi) is 3.18. The molecule has 0 aliphatic heterocycles. The molecule has 0 saturated carbocycles. The lowest BCUT2D eigenvalue weighted by Gasteiger charge is -2.03. The summed E-state index contributed by atoms with van der Waals surface area (Å²) in [6, 6.07) is 5.33. The minimum absolute atomic E-state index is 0.256. The number of hydrogen-bond acceptors (Lipinski definition) is 4. The molecule has 0 aliphatic carbocycles.